The Morgan fingerprint density at radius 2 is 1.92 bits per heavy atom. The summed E-state index contributed by atoms with van der Waals surface area (Å²) < 4.78 is 7.18. The minimum Gasteiger partial charge on any atom is -0.504 e. The fraction of sp³-hybridized carbons (Fsp3) is 0.227. The summed E-state index contributed by atoms with van der Waals surface area (Å²) in [4.78, 5) is 35.8. The Kier molecular flexibility index (Phi) is 7.51. The number of anilines is 1. The second-order valence-corrected chi connectivity index (χ2v) is 8.09. The molecule has 1 saturated heterocycles. The van der Waals surface area contributed by atoms with E-state index < -0.39 is 53.1 Å². The normalized spacial score (nSPS) is 21.5. The number of imidazole rings is 1. The molecule has 0 bridgehead atoms. The Bertz CT molecular complexity index is 1420. The lowest BCUT2D eigenvalue weighted by Crippen LogP contribution is -2.31. The first-order chi connectivity index (χ1) is 18.1. The quantitative estimate of drug-likeness (QED) is 0.0605. The molecule has 0 radical (unpaired) electrons. The van der Waals surface area contributed by atoms with E-state index in [-0.39, 0.29) is 23.5 Å². The third-order valence-corrected chi connectivity index (χ3v) is 5.61. The maximum absolute atomic E-state index is 12.5. The number of rotatable bonds is 7. The zero-order valence-electron chi connectivity index (χ0n) is 19.4. The van der Waals surface area contributed by atoms with Crippen molar-refractivity contribution in [2.75, 3.05) is 12.3 Å². The number of hydrogen-bond donors (Lipinski definition) is 8. The van der Waals surface area contributed by atoms with Gasteiger partial charge in [-0.25, -0.2) is 15.0 Å². The Morgan fingerprint density at radius 1 is 1.16 bits per heavy atom. The maximum Gasteiger partial charge on any atom is 0.296 e. The van der Waals surface area contributed by atoms with Crippen LogP contribution in [0.25, 0.3) is 17.2 Å². The summed E-state index contributed by atoms with van der Waals surface area (Å²) in [5.74, 6) is -3.19. The molecule has 2 aromatic heterocycles. The van der Waals surface area contributed by atoms with Crippen LogP contribution >= 0.6 is 0 Å². The fourth-order valence-electron chi connectivity index (χ4n) is 3.72. The molecule has 3 aromatic rings. The highest BCUT2D eigenvalue weighted by Gasteiger charge is 2.43. The molecular weight excluding hydrogens is 506 g/mol. The van der Waals surface area contributed by atoms with Crippen molar-refractivity contribution in [2.45, 2.75) is 24.5 Å². The molecule has 4 rings (SSSR count). The number of nitrogens with zero attached hydrogens (tertiary/aromatic N) is 5. The highest BCUT2D eigenvalue weighted by Crippen LogP contribution is 2.33. The highest BCUT2D eigenvalue weighted by molar-refractivity contribution is 5.99. The number of carbonyl (C=O) groups excluding carboxylic acids is 2. The second kappa shape index (κ2) is 10.8. The van der Waals surface area contributed by atoms with E-state index in [1.807, 2.05) is 0 Å². The predicted octanol–water partition coefficient (Wildman–Crippen LogP) is -0.955. The summed E-state index contributed by atoms with van der Waals surface area (Å²) in [5.41, 5.74) is 6.18. The molecule has 4 unspecified atom stereocenters. The number of fused-ring (bicyclic) bond motifs is 1. The summed E-state index contributed by atoms with van der Waals surface area (Å²) in [5, 5.41) is 60.0. The molecule has 200 valence electrons. The lowest BCUT2D eigenvalue weighted by molar-refractivity contribution is -0.280. The molecule has 16 nitrogen and oxygen atoms in total. The second-order valence-electron chi connectivity index (χ2n) is 8.09. The van der Waals surface area contributed by atoms with Gasteiger partial charge >= 0.3 is 0 Å². The third kappa shape index (κ3) is 5.24. The molecule has 16 heteroatoms. The zero-order valence-corrected chi connectivity index (χ0v) is 19.4. The molecule has 1 fully saturated rings. The van der Waals surface area contributed by atoms with Gasteiger partial charge in [0.25, 0.3) is 11.8 Å². The Hall–Kier alpha value is -4.61. The van der Waals surface area contributed by atoms with Gasteiger partial charge in [-0.1, -0.05) is 17.4 Å². The van der Waals surface area contributed by atoms with Crippen LogP contribution in [0.5, 0.6) is 11.5 Å². The Balaban J connectivity index is 1.40. The topological polar surface area (TPSA) is 250 Å². The number of hydrogen-bond acceptors (Lipinski definition) is 13. The van der Waals surface area contributed by atoms with Gasteiger partial charge in [-0.3, -0.25) is 24.6 Å². The summed E-state index contributed by atoms with van der Waals surface area (Å²) in [6.07, 6.45) is 2.68. The van der Waals surface area contributed by atoms with E-state index in [1.165, 1.54) is 29.4 Å². The van der Waals surface area contributed by atoms with Crippen molar-refractivity contribution < 1.29 is 45.2 Å². The highest BCUT2D eigenvalue weighted by atomic mass is 16.8. The van der Waals surface area contributed by atoms with Gasteiger partial charge in [0.2, 0.25) is 0 Å². The first kappa shape index (κ1) is 26.5. The molecule has 1 aliphatic rings. The number of aliphatic hydroxyl groups excluding tert-OH is 2. The largest absolute Gasteiger partial charge is 0.504 e. The van der Waals surface area contributed by atoms with Crippen LogP contribution in [0.3, 0.4) is 0 Å². The van der Waals surface area contributed by atoms with Gasteiger partial charge in [0.1, 0.15) is 30.2 Å². The molecule has 1 aliphatic heterocycles. The van der Waals surface area contributed by atoms with Crippen molar-refractivity contribution in [3.8, 4) is 11.5 Å². The molecule has 38 heavy (non-hydrogen) atoms. The molecular formula is C22H23N7O9. The molecule has 0 spiro atoms. The number of benzene rings is 1. The van der Waals surface area contributed by atoms with Crippen molar-refractivity contribution in [3.63, 3.8) is 0 Å². The van der Waals surface area contributed by atoms with Gasteiger partial charge < -0.3 is 36.2 Å². The van der Waals surface area contributed by atoms with Gasteiger partial charge in [0, 0.05) is 12.6 Å². The number of aromatic nitrogens is 4. The molecule has 9 N–H and O–H groups in total. The summed E-state index contributed by atoms with van der Waals surface area (Å²) in [6.45, 7) is -0.0906. The average Bonchev–Trinajstić information content (AvgIpc) is 3.43. The van der Waals surface area contributed by atoms with Crippen molar-refractivity contribution in [3.05, 3.63) is 54.1 Å². The van der Waals surface area contributed by atoms with E-state index in [1.54, 1.807) is 0 Å². The van der Waals surface area contributed by atoms with Crippen LogP contribution in [0.15, 0.2) is 43.0 Å². The molecule has 0 saturated carbocycles. The summed E-state index contributed by atoms with van der Waals surface area (Å²) in [6, 6.07) is 2.22. The van der Waals surface area contributed by atoms with E-state index in [9.17, 15) is 30.0 Å². The van der Waals surface area contributed by atoms with Gasteiger partial charge in [-0.05, 0) is 23.8 Å². The minimum absolute atomic E-state index is 0.0906. The van der Waals surface area contributed by atoms with Crippen LogP contribution < -0.4 is 11.1 Å². The fourth-order valence-corrected chi connectivity index (χ4v) is 3.72. The number of aromatic hydroxyl groups is 2. The summed E-state index contributed by atoms with van der Waals surface area (Å²) in [7, 11) is 0. The molecule has 0 aliphatic carbocycles. The van der Waals surface area contributed by atoms with E-state index in [2.05, 4.69) is 20.3 Å². The number of amides is 2. The molecule has 4 atom stereocenters. The zero-order chi connectivity index (χ0) is 27.6. The monoisotopic (exact) mass is 529 g/mol. The number of phenolic OH excluding ortho intramolecular Hbond substituents is 2. The van der Waals surface area contributed by atoms with Gasteiger partial charge in [-0.2, -0.15) is 0 Å². The number of hydroxylamine groups is 2. The number of phenols is 2. The van der Waals surface area contributed by atoms with Crippen LogP contribution in [0.2, 0.25) is 0 Å². The van der Waals surface area contributed by atoms with Gasteiger partial charge in [-0.15, -0.1) is 0 Å². The van der Waals surface area contributed by atoms with Crippen molar-refractivity contribution in [1.29, 1.82) is 0 Å². The minimum atomic E-state index is -1.33. The molecule has 1 aromatic carbocycles. The SMILES string of the molecule is Nc1ncnc2c1ncn2C1OC(C=CCNC(=O)c2cc(C=CC(=O)N(O)O)cc(O)c2O)C(O)C1O. The van der Waals surface area contributed by atoms with Gasteiger partial charge in [0.05, 0.1) is 11.9 Å². The standard InChI is InChI=1S/C22H23N7O9/c23-19-15-20(26-8-25-19)28(9-27-15)22-18(34)17(33)13(38-22)2-1-5-24-21(35)11-6-10(7-12(30)16(11)32)3-4-14(31)29(36)37/h1-4,6-9,13,17-18,22,30,32-34,36-37H,5H2,(H,24,35)(H2,23,25,26). The number of ether oxygens (including phenoxy) is 1. The smallest absolute Gasteiger partial charge is 0.296 e. The van der Waals surface area contributed by atoms with Crippen LogP contribution in [-0.4, -0.2) is 92.3 Å². The van der Waals surface area contributed by atoms with E-state index in [0.717, 1.165) is 24.3 Å². The van der Waals surface area contributed by atoms with E-state index >= 15 is 0 Å². The van der Waals surface area contributed by atoms with Gasteiger partial charge in [0.15, 0.2) is 29.2 Å². The van der Waals surface area contributed by atoms with Crippen LogP contribution in [0.4, 0.5) is 5.82 Å². The van der Waals surface area contributed by atoms with Crippen molar-refractivity contribution in [1.82, 2.24) is 30.1 Å². The number of carbonyl (C=O) groups is 2. The summed E-state index contributed by atoms with van der Waals surface area (Å²) >= 11 is 0. The van der Waals surface area contributed by atoms with Crippen molar-refractivity contribution >= 4 is 34.9 Å². The maximum atomic E-state index is 12.5. The first-order valence-electron chi connectivity index (χ1n) is 10.9. The van der Waals surface area contributed by atoms with Crippen LogP contribution in [-0.2, 0) is 9.53 Å². The number of nitrogen functional groups attached to an aromatic ring is 1. The number of nitrogens with two attached hydrogens (primary N) is 1. The average molecular weight is 529 g/mol. The number of nitrogens with one attached hydrogen (secondary N) is 1. The lowest BCUT2D eigenvalue weighted by Gasteiger charge is -2.16. The number of aliphatic hydroxyl groups is 2. The third-order valence-electron chi connectivity index (χ3n) is 5.61. The van der Waals surface area contributed by atoms with E-state index in [4.69, 9.17) is 20.9 Å². The van der Waals surface area contributed by atoms with Crippen LogP contribution in [0, 0.1) is 0 Å². The molecule has 2 amide bonds. The molecule has 3 heterocycles. The predicted molar refractivity (Wildman–Crippen MR) is 126 cm³/mol. The van der Waals surface area contributed by atoms with Crippen LogP contribution in [0.1, 0.15) is 22.1 Å². The Morgan fingerprint density at radius 3 is 2.66 bits per heavy atom. The van der Waals surface area contributed by atoms with E-state index in [0.29, 0.717) is 11.2 Å². The first-order valence-corrected chi connectivity index (χ1v) is 10.9. The van der Waals surface area contributed by atoms with Crippen molar-refractivity contribution in [2.24, 2.45) is 0 Å². The Labute approximate surface area is 213 Å². The lowest BCUT2D eigenvalue weighted by atomic mass is 10.1.